The van der Waals surface area contributed by atoms with Crippen molar-refractivity contribution in [2.45, 2.75) is 18.6 Å². The van der Waals surface area contributed by atoms with Crippen LogP contribution in [0.3, 0.4) is 0 Å². The topological polar surface area (TPSA) is 161 Å². The van der Waals surface area contributed by atoms with Crippen molar-refractivity contribution in [3.63, 3.8) is 0 Å². The van der Waals surface area contributed by atoms with Crippen molar-refractivity contribution >= 4 is 51.9 Å². The van der Waals surface area contributed by atoms with E-state index in [1.165, 1.54) is 12.3 Å². The van der Waals surface area contributed by atoms with Gasteiger partial charge in [-0.1, -0.05) is 11.8 Å². The SMILES string of the molecule is CCn1cc(C(=O)O)c(=O)c2cc(F)c(N3CCN(C(=O)CSc4nc(N)cc(N)n4)CC3)cc21. The third-order valence-corrected chi connectivity index (χ3v) is 6.59. The zero-order valence-corrected chi connectivity index (χ0v) is 19.7. The molecule has 1 fully saturated rings. The number of benzene rings is 1. The minimum Gasteiger partial charge on any atom is -0.477 e. The number of nitrogen functional groups attached to an aromatic ring is 2. The molecule has 1 amide bonds. The number of hydrogen-bond acceptors (Lipinski definition) is 9. The van der Waals surface area contributed by atoms with Crippen molar-refractivity contribution in [1.82, 2.24) is 19.4 Å². The molecule has 0 saturated carbocycles. The first-order chi connectivity index (χ1) is 16.7. The van der Waals surface area contributed by atoms with Crippen LogP contribution in [-0.4, -0.2) is 68.3 Å². The number of carboxylic acids is 1. The highest BCUT2D eigenvalue weighted by molar-refractivity contribution is 7.99. The number of anilines is 3. The van der Waals surface area contributed by atoms with E-state index in [0.717, 1.165) is 17.8 Å². The number of halogens is 1. The Balaban J connectivity index is 1.48. The maximum absolute atomic E-state index is 15.0. The number of rotatable bonds is 6. The Morgan fingerprint density at radius 3 is 2.37 bits per heavy atom. The Kier molecular flexibility index (Phi) is 6.78. The van der Waals surface area contributed by atoms with Crippen molar-refractivity contribution < 1.29 is 19.1 Å². The van der Waals surface area contributed by atoms with E-state index in [9.17, 15) is 19.5 Å². The quantitative estimate of drug-likeness (QED) is 0.331. The predicted octanol–water partition coefficient (Wildman–Crippen LogP) is 1.25. The molecule has 3 aromatic rings. The van der Waals surface area contributed by atoms with E-state index >= 15 is 4.39 Å². The lowest BCUT2D eigenvalue weighted by atomic mass is 10.1. The van der Waals surface area contributed by atoms with Gasteiger partial charge in [0.25, 0.3) is 0 Å². The van der Waals surface area contributed by atoms with Crippen molar-refractivity contribution in [3.05, 3.63) is 46.0 Å². The number of aromatic carboxylic acids is 1. The van der Waals surface area contributed by atoms with Gasteiger partial charge in [0.2, 0.25) is 11.3 Å². The number of fused-ring (bicyclic) bond motifs is 1. The monoisotopic (exact) mass is 501 g/mol. The average molecular weight is 502 g/mol. The second kappa shape index (κ2) is 9.78. The lowest BCUT2D eigenvalue weighted by Crippen LogP contribution is -2.49. The third-order valence-electron chi connectivity index (χ3n) is 5.76. The predicted molar refractivity (Wildman–Crippen MR) is 131 cm³/mol. The molecule has 0 unspecified atom stereocenters. The zero-order chi connectivity index (χ0) is 25.3. The molecule has 0 bridgehead atoms. The van der Waals surface area contributed by atoms with E-state index < -0.39 is 22.8 Å². The maximum atomic E-state index is 15.0. The molecule has 4 rings (SSSR count). The highest BCUT2D eigenvalue weighted by Crippen LogP contribution is 2.27. The van der Waals surface area contributed by atoms with Crippen LogP contribution in [0, 0.1) is 5.82 Å². The van der Waals surface area contributed by atoms with Crippen LogP contribution in [0.2, 0.25) is 0 Å². The fourth-order valence-electron chi connectivity index (χ4n) is 4.00. The minimum absolute atomic E-state index is 0.0169. The van der Waals surface area contributed by atoms with E-state index in [4.69, 9.17) is 11.5 Å². The molecule has 1 aromatic carbocycles. The van der Waals surface area contributed by atoms with Gasteiger partial charge in [0.1, 0.15) is 23.0 Å². The Labute approximate surface area is 203 Å². The highest BCUT2D eigenvalue weighted by atomic mass is 32.2. The van der Waals surface area contributed by atoms with Gasteiger partial charge in [-0.05, 0) is 19.1 Å². The molecule has 1 aliphatic heterocycles. The summed E-state index contributed by atoms with van der Waals surface area (Å²) in [6.07, 6.45) is 1.28. The van der Waals surface area contributed by atoms with Crippen LogP contribution in [0.25, 0.3) is 10.9 Å². The van der Waals surface area contributed by atoms with Crippen molar-refractivity contribution in [2.24, 2.45) is 0 Å². The number of thioether (sulfide) groups is 1. The van der Waals surface area contributed by atoms with Crippen LogP contribution in [0.15, 0.2) is 34.3 Å². The number of carbonyl (C=O) groups is 2. The van der Waals surface area contributed by atoms with Gasteiger partial charge in [-0.25, -0.2) is 19.2 Å². The molecule has 0 atom stereocenters. The largest absolute Gasteiger partial charge is 0.477 e. The molecule has 0 spiro atoms. The normalized spacial score (nSPS) is 13.9. The molecule has 0 radical (unpaired) electrons. The van der Waals surface area contributed by atoms with Crippen LogP contribution in [0.1, 0.15) is 17.3 Å². The average Bonchev–Trinajstić information content (AvgIpc) is 2.82. The molecular formula is C22H24FN7O4S. The van der Waals surface area contributed by atoms with Gasteiger partial charge < -0.3 is 30.9 Å². The van der Waals surface area contributed by atoms with Gasteiger partial charge >= 0.3 is 5.97 Å². The van der Waals surface area contributed by atoms with Crippen LogP contribution < -0.4 is 21.8 Å². The number of pyridine rings is 1. The summed E-state index contributed by atoms with van der Waals surface area (Å²) in [7, 11) is 0. The van der Waals surface area contributed by atoms with Gasteiger partial charge in [-0.15, -0.1) is 0 Å². The summed E-state index contributed by atoms with van der Waals surface area (Å²) >= 11 is 1.14. The fraction of sp³-hybridized carbons (Fsp3) is 0.318. The zero-order valence-electron chi connectivity index (χ0n) is 18.9. The van der Waals surface area contributed by atoms with Crippen molar-refractivity contribution in [2.75, 3.05) is 48.3 Å². The van der Waals surface area contributed by atoms with Gasteiger partial charge in [0, 0.05) is 50.4 Å². The Hall–Kier alpha value is -3.87. The Bertz CT molecular complexity index is 1350. The molecule has 13 heteroatoms. The van der Waals surface area contributed by atoms with Crippen LogP contribution in [0.5, 0.6) is 0 Å². The molecule has 5 N–H and O–H groups in total. The molecule has 1 aliphatic rings. The van der Waals surface area contributed by atoms with Crippen molar-refractivity contribution in [3.8, 4) is 0 Å². The summed E-state index contributed by atoms with van der Waals surface area (Å²) in [5.41, 5.74) is 10.9. The molecule has 11 nitrogen and oxygen atoms in total. The lowest BCUT2D eigenvalue weighted by Gasteiger charge is -2.36. The smallest absolute Gasteiger partial charge is 0.341 e. The molecule has 2 aromatic heterocycles. The third kappa shape index (κ3) is 4.99. The van der Waals surface area contributed by atoms with Gasteiger partial charge in [-0.2, -0.15) is 0 Å². The van der Waals surface area contributed by atoms with E-state index in [2.05, 4.69) is 9.97 Å². The summed E-state index contributed by atoms with van der Waals surface area (Å²) in [4.78, 5) is 48.2. The second-order valence-electron chi connectivity index (χ2n) is 7.94. The second-order valence-corrected chi connectivity index (χ2v) is 8.88. The van der Waals surface area contributed by atoms with E-state index in [1.54, 1.807) is 15.5 Å². The number of hydrogen-bond donors (Lipinski definition) is 3. The number of nitrogens with zero attached hydrogens (tertiary/aromatic N) is 5. The summed E-state index contributed by atoms with van der Waals surface area (Å²) in [5, 5.41) is 9.64. The maximum Gasteiger partial charge on any atom is 0.341 e. The van der Waals surface area contributed by atoms with Gasteiger partial charge in [0.05, 0.1) is 17.0 Å². The molecule has 35 heavy (non-hydrogen) atoms. The first-order valence-electron chi connectivity index (χ1n) is 10.8. The van der Waals surface area contributed by atoms with E-state index in [1.807, 2.05) is 11.8 Å². The summed E-state index contributed by atoms with van der Waals surface area (Å²) in [5.74, 6) is -1.52. The standard InChI is InChI=1S/C22H24FN7O4S/c1-2-28-10-13(21(33)34)20(32)12-7-14(23)16(8-15(12)28)29-3-5-30(6-4-29)19(31)11-35-22-26-17(24)9-18(25)27-22/h7-10H,2-6,11H2,1H3,(H,33,34)(H4,24,25,26,27). The number of aryl methyl sites for hydroxylation is 1. The van der Waals surface area contributed by atoms with Crippen LogP contribution >= 0.6 is 11.8 Å². The van der Waals surface area contributed by atoms with Crippen LogP contribution in [-0.2, 0) is 11.3 Å². The first-order valence-corrected chi connectivity index (χ1v) is 11.8. The minimum atomic E-state index is -1.35. The number of piperazine rings is 1. The molecule has 184 valence electrons. The summed E-state index contributed by atoms with van der Waals surface area (Å²) < 4.78 is 16.6. The number of aromatic nitrogens is 3. The Morgan fingerprint density at radius 2 is 1.77 bits per heavy atom. The number of carboxylic acid groups (broad SMARTS) is 1. The first kappa shape index (κ1) is 24.3. The molecule has 1 saturated heterocycles. The summed E-state index contributed by atoms with van der Waals surface area (Å²) in [6, 6.07) is 4.09. The highest BCUT2D eigenvalue weighted by Gasteiger charge is 2.25. The fourth-order valence-corrected chi connectivity index (χ4v) is 4.77. The van der Waals surface area contributed by atoms with Gasteiger partial charge in [0.15, 0.2) is 5.16 Å². The van der Waals surface area contributed by atoms with Crippen LogP contribution in [0.4, 0.5) is 21.7 Å². The number of nitrogens with two attached hydrogens (primary N) is 2. The summed E-state index contributed by atoms with van der Waals surface area (Å²) in [6.45, 7) is 3.77. The molecule has 0 aliphatic carbocycles. The van der Waals surface area contributed by atoms with Crippen molar-refractivity contribution in [1.29, 1.82) is 0 Å². The van der Waals surface area contributed by atoms with E-state index in [0.29, 0.717) is 49.1 Å². The molecule has 3 heterocycles. The molecular weight excluding hydrogens is 477 g/mol. The number of amides is 1. The Morgan fingerprint density at radius 1 is 1.11 bits per heavy atom. The number of carbonyl (C=O) groups excluding carboxylic acids is 1. The van der Waals surface area contributed by atoms with E-state index in [-0.39, 0.29) is 28.7 Å². The van der Waals surface area contributed by atoms with Gasteiger partial charge in [-0.3, -0.25) is 9.59 Å². The lowest BCUT2D eigenvalue weighted by molar-refractivity contribution is -0.128.